The van der Waals surface area contributed by atoms with E-state index in [1.54, 1.807) is 6.92 Å². The van der Waals surface area contributed by atoms with Crippen LogP contribution in [-0.2, 0) is 14.3 Å². The molecule has 0 heterocycles. The monoisotopic (exact) mass is 255 g/mol. The Morgan fingerprint density at radius 2 is 2.11 bits per heavy atom. The molecule has 0 aliphatic carbocycles. The van der Waals surface area contributed by atoms with E-state index in [0.29, 0.717) is 0 Å². The van der Waals surface area contributed by atoms with Crippen molar-refractivity contribution in [1.82, 2.24) is 0 Å². The number of anilines is 1. The van der Waals surface area contributed by atoms with Crippen LogP contribution in [0.2, 0.25) is 0 Å². The fourth-order valence-electron chi connectivity index (χ4n) is 1.24. The Labute approximate surface area is 104 Å². The SMILES string of the molecule is CCOC(=O)C(C)OC(=O)c1cc(F)ccc1N. The molecule has 0 aromatic heterocycles. The van der Waals surface area contributed by atoms with E-state index in [9.17, 15) is 14.0 Å². The van der Waals surface area contributed by atoms with Gasteiger partial charge in [0.1, 0.15) is 5.82 Å². The second-order valence-corrected chi connectivity index (χ2v) is 3.53. The predicted molar refractivity (Wildman–Crippen MR) is 62.3 cm³/mol. The van der Waals surface area contributed by atoms with Crippen molar-refractivity contribution in [2.75, 3.05) is 12.3 Å². The number of nitrogen functional groups attached to an aromatic ring is 1. The average molecular weight is 255 g/mol. The second-order valence-electron chi connectivity index (χ2n) is 3.53. The zero-order valence-corrected chi connectivity index (χ0v) is 10.1. The molecule has 1 aromatic rings. The molecule has 98 valence electrons. The smallest absolute Gasteiger partial charge is 0.347 e. The summed E-state index contributed by atoms with van der Waals surface area (Å²) in [5.74, 6) is -2.15. The normalized spacial score (nSPS) is 11.7. The van der Waals surface area contributed by atoms with Gasteiger partial charge in [0, 0.05) is 5.69 Å². The number of hydrogen-bond donors (Lipinski definition) is 1. The number of hydrogen-bond acceptors (Lipinski definition) is 5. The quantitative estimate of drug-likeness (QED) is 0.651. The third-order valence-corrected chi connectivity index (χ3v) is 2.14. The molecule has 0 bridgehead atoms. The summed E-state index contributed by atoms with van der Waals surface area (Å²) in [7, 11) is 0. The molecule has 2 N–H and O–H groups in total. The number of carbonyl (C=O) groups is 2. The Hall–Kier alpha value is -2.11. The highest BCUT2D eigenvalue weighted by atomic mass is 19.1. The average Bonchev–Trinajstić information content (AvgIpc) is 2.32. The Morgan fingerprint density at radius 3 is 2.72 bits per heavy atom. The van der Waals surface area contributed by atoms with Crippen LogP contribution in [0.1, 0.15) is 24.2 Å². The van der Waals surface area contributed by atoms with E-state index < -0.39 is 23.9 Å². The third-order valence-electron chi connectivity index (χ3n) is 2.14. The zero-order chi connectivity index (χ0) is 13.7. The van der Waals surface area contributed by atoms with Crippen LogP contribution in [0.25, 0.3) is 0 Å². The Balaban J connectivity index is 2.76. The summed E-state index contributed by atoms with van der Waals surface area (Å²) in [6.45, 7) is 3.19. The van der Waals surface area contributed by atoms with Gasteiger partial charge < -0.3 is 15.2 Å². The van der Waals surface area contributed by atoms with Gasteiger partial charge in [-0.25, -0.2) is 14.0 Å². The molecule has 5 nitrogen and oxygen atoms in total. The molecule has 1 aromatic carbocycles. The van der Waals surface area contributed by atoms with Gasteiger partial charge in [0.2, 0.25) is 0 Å². The lowest BCUT2D eigenvalue weighted by atomic mass is 10.2. The van der Waals surface area contributed by atoms with E-state index >= 15 is 0 Å². The molecule has 1 atom stereocenters. The van der Waals surface area contributed by atoms with Gasteiger partial charge in [0.25, 0.3) is 0 Å². The molecule has 0 saturated heterocycles. The maximum atomic E-state index is 13.0. The Morgan fingerprint density at radius 1 is 1.44 bits per heavy atom. The predicted octanol–water partition coefficient (Wildman–Crippen LogP) is 1.52. The lowest BCUT2D eigenvalue weighted by molar-refractivity contribution is -0.152. The fraction of sp³-hybridized carbons (Fsp3) is 0.333. The Kier molecular flexibility index (Phi) is 4.65. The van der Waals surface area contributed by atoms with Crippen LogP contribution in [0.3, 0.4) is 0 Å². The van der Waals surface area contributed by atoms with Crippen LogP contribution in [0.15, 0.2) is 18.2 Å². The fourth-order valence-corrected chi connectivity index (χ4v) is 1.24. The summed E-state index contributed by atoms with van der Waals surface area (Å²) in [5, 5.41) is 0. The van der Waals surface area contributed by atoms with Crippen molar-refractivity contribution in [2.45, 2.75) is 20.0 Å². The number of nitrogens with two attached hydrogens (primary N) is 1. The van der Waals surface area contributed by atoms with Gasteiger partial charge in [-0.3, -0.25) is 0 Å². The molecule has 0 radical (unpaired) electrons. The summed E-state index contributed by atoms with van der Waals surface area (Å²) in [4.78, 5) is 22.9. The number of rotatable bonds is 4. The van der Waals surface area contributed by atoms with Crippen molar-refractivity contribution in [3.8, 4) is 0 Å². The maximum Gasteiger partial charge on any atom is 0.347 e. The van der Waals surface area contributed by atoms with E-state index in [1.165, 1.54) is 13.0 Å². The van der Waals surface area contributed by atoms with Crippen LogP contribution in [0.5, 0.6) is 0 Å². The minimum absolute atomic E-state index is 0.0810. The molecule has 1 rings (SSSR count). The largest absolute Gasteiger partial charge is 0.463 e. The lowest BCUT2D eigenvalue weighted by Gasteiger charge is -2.12. The number of esters is 2. The lowest BCUT2D eigenvalue weighted by Crippen LogP contribution is -2.26. The molecule has 0 aliphatic rings. The minimum atomic E-state index is -1.07. The molecule has 18 heavy (non-hydrogen) atoms. The number of benzene rings is 1. The second kappa shape index (κ2) is 6.00. The number of halogens is 1. The van der Waals surface area contributed by atoms with Crippen molar-refractivity contribution >= 4 is 17.6 Å². The molecular formula is C12H14FNO4. The maximum absolute atomic E-state index is 13.0. The van der Waals surface area contributed by atoms with Gasteiger partial charge in [-0.15, -0.1) is 0 Å². The van der Waals surface area contributed by atoms with E-state index in [0.717, 1.165) is 12.1 Å². The van der Waals surface area contributed by atoms with Gasteiger partial charge >= 0.3 is 11.9 Å². The van der Waals surface area contributed by atoms with E-state index in [1.807, 2.05) is 0 Å². The van der Waals surface area contributed by atoms with E-state index in [4.69, 9.17) is 10.5 Å². The molecular weight excluding hydrogens is 241 g/mol. The summed E-state index contributed by atoms with van der Waals surface area (Å²) < 4.78 is 22.5. The summed E-state index contributed by atoms with van der Waals surface area (Å²) in [6.07, 6.45) is -1.07. The standard InChI is InChI=1S/C12H14FNO4/c1-3-17-11(15)7(2)18-12(16)9-6-8(13)4-5-10(9)14/h4-7H,3,14H2,1-2H3. The van der Waals surface area contributed by atoms with Crippen LogP contribution in [0, 0.1) is 5.82 Å². The summed E-state index contributed by atoms with van der Waals surface area (Å²) >= 11 is 0. The van der Waals surface area contributed by atoms with Gasteiger partial charge in [-0.2, -0.15) is 0 Å². The molecule has 0 aliphatic heterocycles. The van der Waals surface area contributed by atoms with Crippen molar-refractivity contribution in [3.63, 3.8) is 0 Å². The molecule has 0 fully saturated rings. The van der Waals surface area contributed by atoms with E-state index in [-0.39, 0.29) is 17.9 Å². The highest BCUT2D eigenvalue weighted by Gasteiger charge is 2.21. The highest BCUT2D eigenvalue weighted by Crippen LogP contribution is 2.15. The summed E-state index contributed by atoms with van der Waals surface area (Å²) in [5.41, 5.74) is 5.48. The summed E-state index contributed by atoms with van der Waals surface area (Å²) in [6, 6.07) is 3.33. The molecule has 1 unspecified atom stereocenters. The van der Waals surface area contributed by atoms with Gasteiger partial charge in [0.15, 0.2) is 6.10 Å². The first-order chi connectivity index (χ1) is 8.45. The molecule has 0 saturated carbocycles. The third kappa shape index (κ3) is 3.44. The molecule has 0 amide bonds. The number of carbonyl (C=O) groups excluding carboxylic acids is 2. The van der Waals surface area contributed by atoms with Crippen LogP contribution < -0.4 is 5.73 Å². The van der Waals surface area contributed by atoms with Crippen LogP contribution >= 0.6 is 0 Å². The first kappa shape index (κ1) is 14.0. The van der Waals surface area contributed by atoms with Crippen molar-refractivity contribution in [3.05, 3.63) is 29.6 Å². The van der Waals surface area contributed by atoms with Gasteiger partial charge in [-0.05, 0) is 32.0 Å². The first-order valence-corrected chi connectivity index (χ1v) is 5.38. The first-order valence-electron chi connectivity index (χ1n) is 5.38. The molecule has 6 heteroatoms. The highest BCUT2D eigenvalue weighted by molar-refractivity contribution is 5.96. The minimum Gasteiger partial charge on any atom is -0.463 e. The zero-order valence-electron chi connectivity index (χ0n) is 10.1. The Bertz CT molecular complexity index is 461. The molecule has 0 spiro atoms. The van der Waals surface area contributed by atoms with Crippen LogP contribution in [-0.4, -0.2) is 24.6 Å². The van der Waals surface area contributed by atoms with Gasteiger partial charge in [0.05, 0.1) is 12.2 Å². The van der Waals surface area contributed by atoms with Crippen LogP contribution in [0.4, 0.5) is 10.1 Å². The topological polar surface area (TPSA) is 78.6 Å². The van der Waals surface area contributed by atoms with Crippen molar-refractivity contribution in [1.29, 1.82) is 0 Å². The van der Waals surface area contributed by atoms with Gasteiger partial charge in [-0.1, -0.05) is 0 Å². The number of ether oxygens (including phenoxy) is 2. The van der Waals surface area contributed by atoms with Crippen molar-refractivity contribution in [2.24, 2.45) is 0 Å². The van der Waals surface area contributed by atoms with Crippen molar-refractivity contribution < 1.29 is 23.5 Å². The van der Waals surface area contributed by atoms with E-state index in [2.05, 4.69) is 4.74 Å².